The van der Waals surface area contributed by atoms with Crippen LogP contribution in [0.1, 0.15) is 13.8 Å². The van der Waals surface area contributed by atoms with Crippen LogP contribution in [0.2, 0.25) is 0 Å². The summed E-state index contributed by atoms with van der Waals surface area (Å²) >= 11 is 1.72. The van der Waals surface area contributed by atoms with Gasteiger partial charge >= 0.3 is 0 Å². The van der Waals surface area contributed by atoms with Crippen molar-refractivity contribution in [1.29, 1.82) is 0 Å². The molecule has 0 unspecified atom stereocenters. The van der Waals surface area contributed by atoms with Crippen LogP contribution in [0.5, 0.6) is 0 Å². The molecule has 1 heterocycles. The first-order valence-electron chi connectivity index (χ1n) is 3.01. The van der Waals surface area contributed by atoms with Gasteiger partial charge in [0.1, 0.15) is 0 Å². The molecule has 0 spiro atoms. The zero-order chi connectivity index (χ0) is 6.91. The smallest absolute Gasteiger partial charge is 0.230 e. The summed E-state index contributed by atoms with van der Waals surface area (Å²) in [6, 6.07) is 0. The number of carbonyl (C=O) groups is 1. The van der Waals surface area contributed by atoms with E-state index in [2.05, 4.69) is 19.2 Å². The Bertz CT molecular complexity index is 121. The van der Waals surface area contributed by atoms with E-state index in [0.29, 0.717) is 5.75 Å². The summed E-state index contributed by atoms with van der Waals surface area (Å²) in [5.41, 5.74) is 0. The Hall–Kier alpha value is -0.180. The second kappa shape index (κ2) is 2.21. The first kappa shape index (κ1) is 6.93. The Morgan fingerprint density at radius 2 is 2.33 bits per heavy atom. The molecule has 0 bridgehead atoms. The quantitative estimate of drug-likeness (QED) is 0.541. The van der Waals surface area contributed by atoms with Crippen LogP contribution in [0.15, 0.2) is 0 Å². The topological polar surface area (TPSA) is 29.1 Å². The number of thioether (sulfide) groups is 1. The molecular formula is C6H11NOS. The van der Waals surface area contributed by atoms with Gasteiger partial charge in [0.15, 0.2) is 0 Å². The maximum absolute atomic E-state index is 10.6. The molecule has 3 heteroatoms. The molecule has 52 valence electrons. The van der Waals surface area contributed by atoms with E-state index < -0.39 is 0 Å². The SMILES string of the molecule is CC1(C)CNC(=O)CS1. The third kappa shape index (κ3) is 1.90. The van der Waals surface area contributed by atoms with Gasteiger partial charge in [0.2, 0.25) is 5.91 Å². The third-order valence-electron chi connectivity index (χ3n) is 1.31. The Kier molecular flexibility index (Phi) is 1.70. The lowest BCUT2D eigenvalue weighted by Gasteiger charge is -2.28. The average molecular weight is 145 g/mol. The van der Waals surface area contributed by atoms with E-state index >= 15 is 0 Å². The Labute approximate surface area is 59.4 Å². The van der Waals surface area contributed by atoms with Crippen molar-refractivity contribution in [3.8, 4) is 0 Å². The molecule has 9 heavy (non-hydrogen) atoms. The highest BCUT2D eigenvalue weighted by Crippen LogP contribution is 2.25. The molecule has 1 rings (SSSR count). The second-order valence-electron chi connectivity index (χ2n) is 2.83. The summed E-state index contributed by atoms with van der Waals surface area (Å²) in [6.45, 7) is 5.07. The number of amides is 1. The van der Waals surface area contributed by atoms with E-state index in [4.69, 9.17) is 0 Å². The van der Waals surface area contributed by atoms with Crippen LogP contribution < -0.4 is 5.32 Å². The van der Waals surface area contributed by atoms with Crippen molar-refractivity contribution in [3.05, 3.63) is 0 Å². The lowest BCUT2D eigenvalue weighted by atomic mass is 10.2. The van der Waals surface area contributed by atoms with E-state index in [1.54, 1.807) is 11.8 Å². The normalized spacial score (nSPS) is 25.3. The van der Waals surface area contributed by atoms with Crippen LogP contribution in [0.3, 0.4) is 0 Å². The number of rotatable bonds is 0. The minimum absolute atomic E-state index is 0.166. The maximum atomic E-state index is 10.6. The van der Waals surface area contributed by atoms with Crippen LogP contribution in [0.4, 0.5) is 0 Å². The van der Waals surface area contributed by atoms with E-state index in [1.165, 1.54) is 0 Å². The molecule has 0 atom stereocenters. The monoisotopic (exact) mass is 145 g/mol. The van der Waals surface area contributed by atoms with Crippen LogP contribution in [-0.4, -0.2) is 23.0 Å². The minimum atomic E-state index is 0.166. The lowest BCUT2D eigenvalue weighted by molar-refractivity contribution is -0.118. The first-order chi connectivity index (χ1) is 4.10. The predicted molar refractivity (Wildman–Crippen MR) is 39.5 cm³/mol. The highest BCUT2D eigenvalue weighted by molar-refractivity contribution is 8.01. The summed E-state index contributed by atoms with van der Waals surface area (Å²) in [6.07, 6.45) is 0. The number of nitrogens with one attached hydrogen (secondary N) is 1. The molecule has 0 aromatic heterocycles. The van der Waals surface area contributed by atoms with Crippen molar-refractivity contribution in [2.75, 3.05) is 12.3 Å². The van der Waals surface area contributed by atoms with Crippen molar-refractivity contribution in [2.24, 2.45) is 0 Å². The van der Waals surface area contributed by atoms with E-state index in [1.807, 2.05) is 0 Å². The molecule has 1 fully saturated rings. The van der Waals surface area contributed by atoms with Crippen LogP contribution >= 0.6 is 11.8 Å². The Morgan fingerprint density at radius 1 is 1.67 bits per heavy atom. The van der Waals surface area contributed by atoms with Crippen LogP contribution in [0.25, 0.3) is 0 Å². The van der Waals surface area contributed by atoms with Gasteiger partial charge in [0, 0.05) is 11.3 Å². The Balaban J connectivity index is 2.44. The Morgan fingerprint density at radius 3 is 2.67 bits per heavy atom. The molecule has 1 aliphatic rings. The van der Waals surface area contributed by atoms with Gasteiger partial charge in [-0.2, -0.15) is 0 Å². The van der Waals surface area contributed by atoms with Gasteiger partial charge in [-0.05, 0) is 13.8 Å². The van der Waals surface area contributed by atoms with Crippen molar-refractivity contribution in [2.45, 2.75) is 18.6 Å². The molecule has 0 aliphatic carbocycles. The van der Waals surface area contributed by atoms with E-state index in [-0.39, 0.29) is 10.7 Å². The van der Waals surface area contributed by atoms with E-state index in [0.717, 1.165) is 6.54 Å². The number of hydrogen-bond acceptors (Lipinski definition) is 2. The summed E-state index contributed by atoms with van der Waals surface area (Å²) in [5, 5.41) is 2.81. The lowest BCUT2D eigenvalue weighted by Crippen LogP contribution is -2.43. The maximum Gasteiger partial charge on any atom is 0.230 e. The number of hydrogen-bond donors (Lipinski definition) is 1. The van der Waals surface area contributed by atoms with Gasteiger partial charge in [-0.15, -0.1) is 11.8 Å². The van der Waals surface area contributed by atoms with Crippen molar-refractivity contribution in [3.63, 3.8) is 0 Å². The minimum Gasteiger partial charge on any atom is -0.354 e. The fourth-order valence-electron chi connectivity index (χ4n) is 0.674. The predicted octanol–water partition coefficient (Wildman–Crippen LogP) is 0.628. The molecule has 0 aromatic rings. The van der Waals surface area contributed by atoms with Crippen molar-refractivity contribution in [1.82, 2.24) is 5.32 Å². The fraction of sp³-hybridized carbons (Fsp3) is 0.833. The van der Waals surface area contributed by atoms with Gasteiger partial charge in [0.05, 0.1) is 5.75 Å². The van der Waals surface area contributed by atoms with Gasteiger partial charge in [-0.25, -0.2) is 0 Å². The van der Waals surface area contributed by atoms with Gasteiger partial charge in [0.25, 0.3) is 0 Å². The molecule has 0 saturated carbocycles. The molecule has 1 N–H and O–H groups in total. The molecule has 0 radical (unpaired) electrons. The molecule has 1 saturated heterocycles. The van der Waals surface area contributed by atoms with Gasteiger partial charge in [-0.1, -0.05) is 0 Å². The van der Waals surface area contributed by atoms with Gasteiger partial charge in [-0.3, -0.25) is 4.79 Å². The van der Waals surface area contributed by atoms with Crippen LogP contribution in [0, 0.1) is 0 Å². The van der Waals surface area contributed by atoms with Crippen molar-refractivity contribution >= 4 is 17.7 Å². The molecular weight excluding hydrogens is 134 g/mol. The second-order valence-corrected chi connectivity index (χ2v) is 4.51. The summed E-state index contributed by atoms with van der Waals surface area (Å²) < 4.78 is 0.244. The third-order valence-corrected chi connectivity index (χ3v) is 2.64. The molecule has 0 aromatic carbocycles. The highest BCUT2D eigenvalue weighted by atomic mass is 32.2. The highest BCUT2D eigenvalue weighted by Gasteiger charge is 2.24. The van der Waals surface area contributed by atoms with Gasteiger partial charge < -0.3 is 5.32 Å². The molecule has 1 amide bonds. The summed E-state index contributed by atoms with van der Waals surface area (Å²) in [4.78, 5) is 10.6. The largest absolute Gasteiger partial charge is 0.354 e. The zero-order valence-electron chi connectivity index (χ0n) is 5.73. The summed E-state index contributed by atoms with van der Waals surface area (Å²) in [7, 11) is 0. The standard InChI is InChI=1S/C6H11NOS/c1-6(2)4-7-5(8)3-9-6/h3-4H2,1-2H3,(H,7,8). The number of carbonyl (C=O) groups excluding carboxylic acids is 1. The van der Waals surface area contributed by atoms with E-state index in [9.17, 15) is 4.79 Å². The molecule has 2 nitrogen and oxygen atoms in total. The zero-order valence-corrected chi connectivity index (χ0v) is 6.55. The average Bonchev–Trinajstić information content (AvgIpc) is 1.78. The fourth-order valence-corrected chi connectivity index (χ4v) is 1.47. The first-order valence-corrected chi connectivity index (χ1v) is 3.99. The molecule has 1 aliphatic heterocycles. The van der Waals surface area contributed by atoms with Crippen molar-refractivity contribution < 1.29 is 4.79 Å². The summed E-state index contributed by atoms with van der Waals surface area (Å²) in [5.74, 6) is 0.784. The van der Waals surface area contributed by atoms with Crippen LogP contribution in [-0.2, 0) is 4.79 Å².